The number of benzene rings is 1. The van der Waals surface area contributed by atoms with Crippen LogP contribution in [0.5, 0.6) is 0 Å². The first kappa shape index (κ1) is 12.2. The van der Waals surface area contributed by atoms with E-state index >= 15 is 0 Å². The third-order valence-electron chi connectivity index (χ3n) is 3.58. The van der Waals surface area contributed by atoms with E-state index < -0.39 is 0 Å². The second-order valence-electron chi connectivity index (χ2n) is 4.94. The van der Waals surface area contributed by atoms with Crippen molar-refractivity contribution in [3.05, 3.63) is 30.1 Å². The molecule has 3 rings (SSSR count). The molecule has 0 saturated carbocycles. The number of aromatic nitrogens is 2. The topological polar surface area (TPSA) is 69.8 Å². The first-order valence-corrected chi connectivity index (χ1v) is 6.75. The molecule has 0 aliphatic carbocycles. The number of imidazole rings is 1. The Morgan fingerprint density at radius 3 is 2.89 bits per heavy atom. The largest absolute Gasteiger partial charge is 0.349 e. The Labute approximate surface area is 111 Å². The van der Waals surface area contributed by atoms with Gasteiger partial charge in [0.05, 0.1) is 17.6 Å². The number of H-pyrrole nitrogens is 1. The summed E-state index contributed by atoms with van der Waals surface area (Å²) in [6, 6.07) is 7.88. The second-order valence-corrected chi connectivity index (χ2v) is 4.94. The summed E-state index contributed by atoms with van der Waals surface area (Å²) >= 11 is 0. The lowest BCUT2D eigenvalue weighted by Crippen LogP contribution is -2.38. The van der Waals surface area contributed by atoms with Crippen LogP contribution in [-0.4, -0.2) is 29.0 Å². The van der Waals surface area contributed by atoms with Gasteiger partial charge in [-0.05, 0) is 38.1 Å². The van der Waals surface area contributed by atoms with Crippen molar-refractivity contribution in [2.24, 2.45) is 5.92 Å². The van der Waals surface area contributed by atoms with Crippen molar-refractivity contribution in [2.45, 2.75) is 19.4 Å². The van der Waals surface area contributed by atoms with Crippen LogP contribution in [0.3, 0.4) is 0 Å². The number of piperidine rings is 1. The molecule has 19 heavy (non-hydrogen) atoms. The highest BCUT2D eigenvalue weighted by Crippen LogP contribution is 2.13. The van der Waals surface area contributed by atoms with Crippen LogP contribution in [0.1, 0.15) is 18.7 Å². The highest BCUT2D eigenvalue weighted by atomic mass is 16.1. The van der Waals surface area contributed by atoms with Gasteiger partial charge in [-0.1, -0.05) is 12.1 Å². The number of aromatic amines is 1. The van der Waals surface area contributed by atoms with Crippen LogP contribution in [-0.2, 0) is 11.3 Å². The number of nitrogens with one attached hydrogen (secondary N) is 3. The second kappa shape index (κ2) is 5.40. The number of carbonyl (C=O) groups is 1. The number of amides is 1. The summed E-state index contributed by atoms with van der Waals surface area (Å²) in [7, 11) is 0. The Morgan fingerprint density at radius 2 is 2.11 bits per heavy atom. The van der Waals surface area contributed by atoms with E-state index in [4.69, 9.17) is 0 Å². The number of carbonyl (C=O) groups excluding carboxylic acids is 1. The van der Waals surface area contributed by atoms with E-state index in [0.717, 1.165) is 42.8 Å². The van der Waals surface area contributed by atoms with E-state index in [1.807, 2.05) is 24.3 Å². The maximum atomic E-state index is 12.0. The maximum absolute atomic E-state index is 12.0. The van der Waals surface area contributed by atoms with Crippen molar-refractivity contribution in [1.82, 2.24) is 20.6 Å². The minimum absolute atomic E-state index is 0.141. The maximum Gasteiger partial charge on any atom is 0.223 e. The van der Waals surface area contributed by atoms with Crippen LogP contribution in [0.25, 0.3) is 11.0 Å². The summed E-state index contributed by atoms with van der Waals surface area (Å²) in [5, 5.41) is 6.23. The molecule has 2 heterocycles. The molecule has 100 valence electrons. The number of hydrogen-bond donors (Lipinski definition) is 3. The van der Waals surface area contributed by atoms with E-state index in [9.17, 15) is 4.79 Å². The fourth-order valence-electron chi connectivity index (χ4n) is 2.49. The molecule has 0 radical (unpaired) electrons. The molecule has 1 aliphatic rings. The van der Waals surface area contributed by atoms with Gasteiger partial charge in [-0.15, -0.1) is 0 Å². The lowest BCUT2D eigenvalue weighted by Gasteiger charge is -2.21. The molecule has 3 N–H and O–H groups in total. The van der Waals surface area contributed by atoms with Gasteiger partial charge in [0.25, 0.3) is 0 Å². The van der Waals surface area contributed by atoms with Crippen molar-refractivity contribution in [3.8, 4) is 0 Å². The van der Waals surface area contributed by atoms with Gasteiger partial charge in [0, 0.05) is 5.92 Å². The smallest absolute Gasteiger partial charge is 0.223 e. The Balaban J connectivity index is 1.60. The van der Waals surface area contributed by atoms with Crippen molar-refractivity contribution >= 4 is 16.9 Å². The van der Waals surface area contributed by atoms with Crippen LogP contribution >= 0.6 is 0 Å². The molecule has 0 atom stereocenters. The fourth-order valence-corrected chi connectivity index (χ4v) is 2.49. The Kier molecular flexibility index (Phi) is 3.46. The zero-order valence-electron chi connectivity index (χ0n) is 10.8. The minimum Gasteiger partial charge on any atom is -0.349 e. The van der Waals surface area contributed by atoms with E-state index in [2.05, 4.69) is 20.6 Å². The Morgan fingerprint density at radius 1 is 1.32 bits per heavy atom. The summed E-state index contributed by atoms with van der Waals surface area (Å²) in [4.78, 5) is 19.7. The third-order valence-corrected chi connectivity index (χ3v) is 3.58. The molecule has 1 fully saturated rings. The van der Waals surface area contributed by atoms with Crippen LogP contribution in [0, 0.1) is 5.92 Å². The molecule has 0 bridgehead atoms. The van der Waals surface area contributed by atoms with E-state index in [1.165, 1.54) is 0 Å². The first-order chi connectivity index (χ1) is 9.33. The molecule has 1 aromatic carbocycles. The van der Waals surface area contributed by atoms with Gasteiger partial charge < -0.3 is 15.6 Å². The average molecular weight is 258 g/mol. The van der Waals surface area contributed by atoms with E-state index in [0.29, 0.717) is 6.54 Å². The van der Waals surface area contributed by atoms with Gasteiger partial charge in [-0.3, -0.25) is 4.79 Å². The normalized spacial score (nSPS) is 16.6. The molecule has 5 nitrogen and oxygen atoms in total. The molecular formula is C14H18N4O. The van der Waals surface area contributed by atoms with Gasteiger partial charge in [0.15, 0.2) is 0 Å². The quantitative estimate of drug-likeness (QED) is 0.774. The number of rotatable bonds is 3. The molecule has 0 spiro atoms. The van der Waals surface area contributed by atoms with Crippen molar-refractivity contribution < 1.29 is 4.79 Å². The number of nitrogens with zero attached hydrogens (tertiary/aromatic N) is 1. The molecule has 1 amide bonds. The molecule has 5 heteroatoms. The zero-order valence-corrected chi connectivity index (χ0v) is 10.8. The van der Waals surface area contributed by atoms with Gasteiger partial charge in [0.2, 0.25) is 5.91 Å². The third kappa shape index (κ3) is 2.76. The van der Waals surface area contributed by atoms with Gasteiger partial charge in [-0.2, -0.15) is 0 Å². The van der Waals surface area contributed by atoms with Crippen molar-refractivity contribution in [1.29, 1.82) is 0 Å². The standard InChI is InChI=1S/C14H18N4O/c19-14(10-5-7-15-8-6-10)16-9-13-17-11-3-1-2-4-12(11)18-13/h1-4,10,15H,5-9H2,(H,16,19)(H,17,18). The van der Waals surface area contributed by atoms with Crippen molar-refractivity contribution in [3.63, 3.8) is 0 Å². The fraction of sp³-hybridized carbons (Fsp3) is 0.429. The average Bonchev–Trinajstić information content (AvgIpc) is 2.88. The minimum atomic E-state index is 0.141. The summed E-state index contributed by atoms with van der Waals surface area (Å²) in [6.45, 7) is 2.34. The summed E-state index contributed by atoms with van der Waals surface area (Å²) in [5.41, 5.74) is 1.95. The van der Waals surface area contributed by atoms with Gasteiger partial charge in [0.1, 0.15) is 5.82 Å². The highest BCUT2D eigenvalue weighted by Gasteiger charge is 2.20. The SMILES string of the molecule is O=C(NCc1nc2ccccc2[nH]1)C1CCNCC1. The van der Waals surface area contributed by atoms with E-state index in [-0.39, 0.29) is 11.8 Å². The molecule has 1 aliphatic heterocycles. The van der Waals surface area contributed by atoms with Crippen molar-refractivity contribution in [2.75, 3.05) is 13.1 Å². The molecule has 0 unspecified atom stereocenters. The Hall–Kier alpha value is -1.88. The molecule has 1 saturated heterocycles. The molecule has 2 aromatic rings. The van der Waals surface area contributed by atoms with Crippen LogP contribution in [0.4, 0.5) is 0 Å². The van der Waals surface area contributed by atoms with E-state index in [1.54, 1.807) is 0 Å². The zero-order chi connectivity index (χ0) is 13.1. The van der Waals surface area contributed by atoms with Crippen LogP contribution in [0.15, 0.2) is 24.3 Å². The summed E-state index contributed by atoms with van der Waals surface area (Å²) in [5.74, 6) is 1.09. The lowest BCUT2D eigenvalue weighted by atomic mass is 9.97. The predicted molar refractivity (Wildman–Crippen MR) is 73.5 cm³/mol. The van der Waals surface area contributed by atoms with Gasteiger partial charge in [-0.25, -0.2) is 4.98 Å². The first-order valence-electron chi connectivity index (χ1n) is 6.75. The van der Waals surface area contributed by atoms with Crippen LogP contribution < -0.4 is 10.6 Å². The highest BCUT2D eigenvalue weighted by molar-refractivity contribution is 5.79. The number of fused-ring (bicyclic) bond motifs is 1. The number of para-hydroxylation sites is 2. The molecular weight excluding hydrogens is 240 g/mol. The number of hydrogen-bond acceptors (Lipinski definition) is 3. The van der Waals surface area contributed by atoms with Gasteiger partial charge >= 0.3 is 0 Å². The Bertz CT molecular complexity index is 539. The summed E-state index contributed by atoms with van der Waals surface area (Å²) < 4.78 is 0. The molecule has 1 aromatic heterocycles. The predicted octanol–water partition coefficient (Wildman–Crippen LogP) is 1.18. The summed E-state index contributed by atoms with van der Waals surface area (Å²) in [6.07, 6.45) is 1.85. The monoisotopic (exact) mass is 258 g/mol. The lowest BCUT2D eigenvalue weighted by molar-refractivity contribution is -0.125. The van der Waals surface area contributed by atoms with Crippen LogP contribution in [0.2, 0.25) is 0 Å².